The first-order valence-electron chi connectivity index (χ1n) is 5.22. The summed E-state index contributed by atoms with van der Waals surface area (Å²) in [4.78, 5) is 0. The van der Waals surface area contributed by atoms with Crippen LogP contribution in [-0.4, -0.2) is 18.3 Å². The molecule has 0 fully saturated rings. The molecule has 0 bridgehead atoms. The average molecular weight is 233 g/mol. The highest BCUT2D eigenvalue weighted by Gasteiger charge is 2.19. The van der Waals surface area contributed by atoms with Crippen LogP contribution in [0.2, 0.25) is 0 Å². The van der Waals surface area contributed by atoms with Gasteiger partial charge in [0.15, 0.2) is 0 Å². The average Bonchev–Trinajstić information content (AvgIpc) is 2.63. The first-order valence-corrected chi connectivity index (χ1v) is 5.22. The van der Waals surface area contributed by atoms with Crippen molar-refractivity contribution in [3.8, 4) is 5.88 Å². The quantitative estimate of drug-likeness (QED) is 0.806. The SMILES string of the molecule is CCCCOc1noc2c1CNCC2.Cl. The van der Waals surface area contributed by atoms with Crippen LogP contribution in [-0.2, 0) is 13.0 Å². The molecule has 2 heterocycles. The normalized spacial score (nSPS) is 14.2. The van der Waals surface area contributed by atoms with Crippen molar-refractivity contribution < 1.29 is 9.26 Å². The lowest BCUT2D eigenvalue weighted by Gasteiger charge is -2.10. The maximum Gasteiger partial charge on any atom is 0.258 e. The zero-order valence-electron chi connectivity index (χ0n) is 8.91. The Kier molecular flexibility index (Phi) is 4.91. The summed E-state index contributed by atoms with van der Waals surface area (Å²) < 4.78 is 10.7. The van der Waals surface area contributed by atoms with Crippen molar-refractivity contribution in [1.29, 1.82) is 0 Å². The lowest BCUT2D eigenvalue weighted by atomic mass is 10.1. The number of ether oxygens (including phenoxy) is 1. The summed E-state index contributed by atoms with van der Waals surface area (Å²) in [6.07, 6.45) is 3.12. The molecule has 0 radical (unpaired) electrons. The van der Waals surface area contributed by atoms with Gasteiger partial charge in [-0.1, -0.05) is 13.3 Å². The number of hydrogen-bond donors (Lipinski definition) is 1. The van der Waals surface area contributed by atoms with Gasteiger partial charge in [-0.15, -0.1) is 12.4 Å². The maximum atomic E-state index is 5.54. The number of rotatable bonds is 4. The Hall–Kier alpha value is -0.740. The van der Waals surface area contributed by atoms with E-state index in [-0.39, 0.29) is 12.4 Å². The fraction of sp³-hybridized carbons (Fsp3) is 0.700. The standard InChI is InChI=1S/C10H16N2O2.ClH/c1-2-3-6-13-10-8-7-11-5-4-9(8)14-12-10;/h11H,2-7H2,1H3;1H. The first kappa shape index (κ1) is 12.3. The summed E-state index contributed by atoms with van der Waals surface area (Å²) in [6, 6.07) is 0. The van der Waals surface area contributed by atoms with E-state index in [0.29, 0.717) is 5.88 Å². The van der Waals surface area contributed by atoms with E-state index >= 15 is 0 Å². The molecule has 1 aromatic heterocycles. The van der Waals surface area contributed by atoms with Crippen LogP contribution in [0.1, 0.15) is 31.1 Å². The minimum Gasteiger partial charge on any atom is -0.475 e. The van der Waals surface area contributed by atoms with Gasteiger partial charge >= 0.3 is 0 Å². The van der Waals surface area contributed by atoms with Crippen LogP contribution < -0.4 is 10.1 Å². The summed E-state index contributed by atoms with van der Waals surface area (Å²) in [5.41, 5.74) is 1.10. The maximum absolute atomic E-state index is 5.54. The van der Waals surface area contributed by atoms with Gasteiger partial charge in [0.1, 0.15) is 5.76 Å². The van der Waals surface area contributed by atoms with Gasteiger partial charge in [-0.25, -0.2) is 0 Å². The number of unbranched alkanes of at least 4 members (excludes halogenated alkanes) is 1. The predicted octanol–water partition coefficient (Wildman–Crippen LogP) is 1.92. The van der Waals surface area contributed by atoms with E-state index < -0.39 is 0 Å². The fourth-order valence-corrected chi connectivity index (χ4v) is 1.54. The summed E-state index contributed by atoms with van der Waals surface area (Å²) in [5.74, 6) is 1.66. The molecule has 0 aromatic carbocycles. The summed E-state index contributed by atoms with van der Waals surface area (Å²) >= 11 is 0. The Morgan fingerprint density at radius 3 is 3.20 bits per heavy atom. The monoisotopic (exact) mass is 232 g/mol. The molecule has 86 valence electrons. The molecule has 15 heavy (non-hydrogen) atoms. The van der Waals surface area contributed by atoms with Crippen molar-refractivity contribution >= 4 is 12.4 Å². The molecule has 1 aliphatic heterocycles. The van der Waals surface area contributed by atoms with Crippen molar-refractivity contribution in [2.75, 3.05) is 13.2 Å². The molecule has 4 nitrogen and oxygen atoms in total. The molecular weight excluding hydrogens is 216 g/mol. The topological polar surface area (TPSA) is 47.3 Å². The Balaban J connectivity index is 0.00000112. The molecule has 0 unspecified atom stereocenters. The summed E-state index contributed by atoms with van der Waals surface area (Å²) in [7, 11) is 0. The van der Waals surface area contributed by atoms with Gasteiger partial charge in [-0.3, -0.25) is 0 Å². The van der Waals surface area contributed by atoms with Crippen molar-refractivity contribution in [2.45, 2.75) is 32.7 Å². The second kappa shape index (κ2) is 5.98. The Morgan fingerprint density at radius 2 is 2.40 bits per heavy atom. The molecule has 0 amide bonds. The van der Waals surface area contributed by atoms with E-state index in [9.17, 15) is 0 Å². The molecule has 0 aliphatic carbocycles. The van der Waals surface area contributed by atoms with E-state index in [1.54, 1.807) is 0 Å². The Morgan fingerprint density at radius 1 is 1.53 bits per heavy atom. The van der Waals surface area contributed by atoms with Crippen molar-refractivity contribution in [1.82, 2.24) is 10.5 Å². The Labute approximate surface area is 95.8 Å². The van der Waals surface area contributed by atoms with E-state index in [2.05, 4.69) is 17.4 Å². The van der Waals surface area contributed by atoms with Crippen LogP contribution in [0.15, 0.2) is 4.52 Å². The molecule has 0 saturated carbocycles. The molecule has 1 N–H and O–H groups in total. The third-order valence-electron chi connectivity index (χ3n) is 2.40. The van der Waals surface area contributed by atoms with Gasteiger partial charge in [0.2, 0.25) is 0 Å². The molecule has 1 aliphatic rings. The molecular formula is C10H17ClN2O2. The Bertz CT molecular complexity index is 302. The molecule has 2 rings (SSSR count). The van der Waals surface area contributed by atoms with Gasteiger partial charge in [-0.05, 0) is 11.6 Å². The third kappa shape index (κ3) is 2.86. The third-order valence-corrected chi connectivity index (χ3v) is 2.40. The molecule has 5 heteroatoms. The molecule has 0 atom stereocenters. The zero-order chi connectivity index (χ0) is 9.80. The van der Waals surface area contributed by atoms with Gasteiger partial charge in [0.25, 0.3) is 5.88 Å². The van der Waals surface area contributed by atoms with Gasteiger partial charge < -0.3 is 14.6 Å². The van der Waals surface area contributed by atoms with Crippen LogP contribution in [0.4, 0.5) is 0 Å². The number of fused-ring (bicyclic) bond motifs is 1. The number of nitrogens with one attached hydrogen (secondary N) is 1. The van der Waals surface area contributed by atoms with Crippen LogP contribution >= 0.6 is 12.4 Å². The summed E-state index contributed by atoms with van der Waals surface area (Å²) in [6.45, 7) is 4.66. The fourth-order valence-electron chi connectivity index (χ4n) is 1.54. The molecule has 1 aromatic rings. The van der Waals surface area contributed by atoms with Crippen LogP contribution in [0, 0.1) is 0 Å². The number of hydrogen-bond acceptors (Lipinski definition) is 4. The van der Waals surface area contributed by atoms with E-state index in [1.165, 1.54) is 0 Å². The zero-order valence-corrected chi connectivity index (χ0v) is 9.73. The minimum absolute atomic E-state index is 0. The van der Waals surface area contributed by atoms with Crippen molar-refractivity contribution in [3.05, 3.63) is 11.3 Å². The van der Waals surface area contributed by atoms with Crippen molar-refractivity contribution in [3.63, 3.8) is 0 Å². The lowest BCUT2D eigenvalue weighted by molar-refractivity contribution is 0.270. The molecule has 0 saturated heterocycles. The first-order chi connectivity index (χ1) is 6.92. The lowest BCUT2D eigenvalue weighted by Crippen LogP contribution is -2.22. The second-order valence-electron chi connectivity index (χ2n) is 3.52. The van der Waals surface area contributed by atoms with Gasteiger partial charge in [0, 0.05) is 19.5 Å². The van der Waals surface area contributed by atoms with Gasteiger partial charge in [-0.2, -0.15) is 0 Å². The predicted molar refractivity (Wildman–Crippen MR) is 59.6 cm³/mol. The second-order valence-corrected chi connectivity index (χ2v) is 3.52. The van der Waals surface area contributed by atoms with Crippen LogP contribution in [0.3, 0.4) is 0 Å². The largest absolute Gasteiger partial charge is 0.475 e. The number of halogens is 1. The number of aromatic nitrogens is 1. The van der Waals surface area contributed by atoms with Crippen LogP contribution in [0.5, 0.6) is 5.88 Å². The van der Waals surface area contributed by atoms with E-state index in [4.69, 9.17) is 9.26 Å². The highest BCUT2D eigenvalue weighted by atomic mass is 35.5. The van der Waals surface area contributed by atoms with Crippen molar-refractivity contribution in [2.24, 2.45) is 0 Å². The van der Waals surface area contributed by atoms with Crippen LogP contribution in [0.25, 0.3) is 0 Å². The highest BCUT2D eigenvalue weighted by Crippen LogP contribution is 2.24. The minimum atomic E-state index is 0. The van der Waals surface area contributed by atoms with E-state index in [1.807, 2.05) is 0 Å². The highest BCUT2D eigenvalue weighted by molar-refractivity contribution is 5.85. The smallest absolute Gasteiger partial charge is 0.258 e. The van der Waals surface area contributed by atoms with E-state index in [0.717, 1.165) is 50.3 Å². The van der Waals surface area contributed by atoms with Gasteiger partial charge in [0.05, 0.1) is 12.2 Å². The number of nitrogens with zero attached hydrogens (tertiary/aromatic N) is 1. The summed E-state index contributed by atoms with van der Waals surface area (Å²) in [5, 5.41) is 7.21. The molecule has 0 spiro atoms.